The Bertz CT molecular complexity index is 854. The number of nitrogens with zero attached hydrogens (tertiary/aromatic N) is 3. The zero-order chi connectivity index (χ0) is 19.9. The van der Waals surface area contributed by atoms with Gasteiger partial charge < -0.3 is 4.90 Å². The van der Waals surface area contributed by atoms with E-state index in [1.165, 1.54) is 16.4 Å². The molecule has 2 rings (SSSR count). The van der Waals surface area contributed by atoms with Crippen LogP contribution in [0.25, 0.3) is 0 Å². The average Bonchev–Trinajstić information content (AvgIpc) is 2.70. The molecule has 1 aromatic carbocycles. The van der Waals surface area contributed by atoms with E-state index in [-0.39, 0.29) is 10.8 Å². The lowest BCUT2D eigenvalue weighted by Gasteiger charge is -2.19. The molecular formula is C20H27N3O3S. The highest BCUT2D eigenvalue weighted by molar-refractivity contribution is 7.89. The highest BCUT2D eigenvalue weighted by Crippen LogP contribution is 2.17. The second-order valence-corrected chi connectivity index (χ2v) is 8.59. The normalized spacial score (nSPS) is 11.6. The Morgan fingerprint density at radius 2 is 1.78 bits per heavy atom. The lowest BCUT2D eigenvalue weighted by molar-refractivity contribution is 0.0793. The summed E-state index contributed by atoms with van der Waals surface area (Å²) in [4.78, 5) is 18.2. The topological polar surface area (TPSA) is 70.6 Å². The van der Waals surface area contributed by atoms with Crippen LogP contribution in [-0.2, 0) is 16.4 Å². The fraction of sp³-hybridized carbons (Fsp3) is 0.400. The number of pyridine rings is 1. The molecule has 0 bridgehead atoms. The van der Waals surface area contributed by atoms with E-state index in [0.29, 0.717) is 25.1 Å². The molecule has 146 valence electrons. The molecule has 6 nitrogen and oxygen atoms in total. The Balaban J connectivity index is 2.12. The van der Waals surface area contributed by atoms with Gasteiger partial charge in [0.05, 0.1) is 4.90 Å². The number of carbonyl (C=O) groups is 1. The van der Waals surface area contributed by atoms with Gasteiger partial charge in [-0.15, -0.1) is 0 Å². The van der Waals surface area contributed by atoms with E-state index in [2.05, 4.69) is 11.9 Å². The standard InChI is InChI=1S/C20H27N3O3S/c1-4-5-14-22(2)20(24)18-7-6-8-19(16-18)27(25,26)23(3)15-11-17-9-12-21-13-10-17/h6-10,12-13,16H,4-5,11,14-15H2,1-3H3. The Morgan fingerprint density at radius 3 is 2.44 bits per heavy atom. The fourth-order valence-corrected chi connectivity index (χ4v) is 3.86. The van der Waals surface area contributed by atoms with Gasteiger partial charge in [0.2, 0.25) is 10.0 Å². The molecular weight excluding hydrogens is 362 g/mol. The fourth-order valence-electron chi connectivity index (χ4n) is 2.64. The van der Waals surface area contributed by atoms with Crippen molar-refractivity contribution in [2.75, 3.05) is 27.2 Å². The van der Waals surface area contributed by atoms with E-state index in [1.54, 1.807) is 43.5 Å². The summed E-state index contributed by atoms with van der Waals surface area (Å²) in [5.74, 6) is -0.167. The van der Waals surface area contributed by atoms with Gasteiger partial charge in [0.25, 0.3) is 5.91 Å². The van der Waals surface area contributed by atoms with Crippen LogP contribution in [0.15, 0.2) is 53.7 Å². The summed E-state index contributed by atoms with van der Waals surface area (Å²) in [5.41, 5.74) is 1.41. The van der Waals surface area contributed by atoms with E-state index < -0.39 is 10.0 Å². The predicted molar refractivity (Wildman–Crippen MR) is 106 cm³/mol. The highest BCUT2D eigenvalue weighted by atomic mass is 32.2. The molecule has 2 aromatic rings. The number of rotatable bonds is 9. The molecule has 1 heterocycles. The zero-order valence-electron chi connectivity index (χ0n) is 16.1. The first-order valence-electron chi connectivity index (χ1n) is 9.07. The number of aromatic nitrogens is 1. The van der Waals surface area contributed by atoms with Crippen molar-refractivity contribution in [2.24, 2.45) is 0 Å². The summed E-state index contributed by atoms with van der Waals surface area (Å²) < 4.78 is 27.0. The summed E-state index contributed by atoms with van der Waals surface area (Å²) in [7, 11) is -0.371. The third-order valence-corrected chi connectivity index (χ3v) is 6.30. The smallest absolute Gasteiger partial charge is 0.253 e. The van der Waals surface area contributed by atoms with Crippen LogP contribution in [0.1, 0.15) is 35.7 Å². The van der Waals surface area contributed by atoms with Crippen molar-refractivity contribution >= 4 is 15.9 Å². The maximum absolute atomic E-state index is 12.9. The Kier molecular flexibility index (Phi) is 7.50. The Labute approximate surface area is 161 Å². The van der Waals surface area contributed by atoms with E-state index >= 15 is 0 Å². The number of benzene rings is 1. The quantitative estimate of drug-likeness (QED) is 0.661. The van der Waals surface area contributed by atoms with Gasteiger partial charge in [0, 0.05) is 45.1 Å². The number of unbranched alkanes of at least 4 members (excludes halogenated alkanes) is 1. The van der Waals surface area contributed by atoms with Crippen molar-refractivity contribution in [1.29, 1.82) is 0 Å². The first kappa shape index (κ1) is 21.1. The summed E-state index contributed by atoms with van der Waals surface area (Å²) in [6, 6.07) is 9.99. The molecule has 0 saturated heterocycles. The number of likely N-dealkylation sites (N-methyl/N-ethyl adjacent to an activating group) is 1. The maximum atomic E-state index is 12.9. The van der Waals surface area contributed by atoms with Crippen molar-refractivity contribution in [1.82, 2.24) is 14.2 Å². The predicted octanol–water partition coefficient (Wildman–Crippen LogP) is 2.82. The summed E-state index contributed by atoms with van der Waals surface area (Å²) in [5, 5.41) is 0. The molecule has 0 fully saturated rings. The third kappa shape index (κ3) is 5.61. The summed E-state index contributed by atoms with van der Waals surface area (Å²) >= 11 is 0. The first-order chi connectivity index (χ1) is 12.9. The molecule has 7 heteroatoms. The van der Waals surface area contributed by atoms with Gasteiger partial charge in [0.1, 0.15) is 0 Å². The average molecular weight is 390 g/mol. The molecule has 0 atom stereocenters. The second-order valence-electron chi connectivity index (χ2n) is 6.54. The van der Waals surface area contributed by atoms with Crippen molar-refractivity contribution in [3.63, 3.8) is 0 Å². The number of hydrogen-bond acceptors (Lipinski definition) is 4. The van der Waals surface area contributed by atoms with Crippen LogP contribution in [0.5, 0.6) is 0 Å². The molecule has 0 saturated carbocycles. The van der Waals surface area contributed by atoms with Crippen LogP contribution in [0.3, 0.4) is 0 Å². The SMILES string of the molecule is CCCCN(C)C(=O)c1cccc(S(=O)(=O)N(C)CCc2ccncc2)c1. The molecule has 1 aromatic heterocycles. The summed E-state index contributed by atoms with van der Waals surface area (Å²) in [6.45, 7) is 3.06. The van der Waals surface area contributed by atoms with Gasteiger partial charge in [-0.25, -0.2) is 12.7 Å². The first-order valence-corrected chi connectivity index (χ1v) is 10.5. The van der Waals surface area contributed by atoms with Crippen LogP contribution >= 0.6 is 0 Å². The maximum Gasteiger partial charge on any atom is 0.253 e. The van der Waals surface area contributed by atoms with Gasteiger partial charge in [-0.2, -0.15) is 0 Å². The van der Waals surface area contributed by atoms with Crippen molar-refractivity contribution in [3.05, 3.63) is 59.9 Å². The molecule has 0 aliphatic rings. The van der Waals surface area contributed by atoms with Crippen LogP contribution in [0.2, 0.25) is 0 Å². The molecule has 0 radical (unpaired) electrons. The van der Waals surface area contributed by atoms with E-state index in [9.17, 15) is 13.2 Å². The third-order valence-electron chi connectivity index (χ3n) is 4.45. The zero-order valence-corrected chi connectivity index (χ0v) is 16.9. The monoisotopic (exact) mass is 389 g/mol. The van der Waals surface area contributed by atoms with Crippen LogP contribution < -0.4 is 0 Å². The minimum absolute atomic E-state index is 0.134. The molecule has 0 N–H and O–H groups in total. The molecule has 0 aliphatic carbocycles. The van der Waals surface area contributed by atoms with Crippen LogP contribution in [0, 0.1) is 0 Å². The van der Waals surface area contributed by atoms with E-state index in [0.717, 1.165) is 18.4 Å². The number of hydrogen-bond donors (Lipinski definition) is 0. The largest absolute Gasteiger partial charge is 0.342 e. The van der Waals surface area contributed by atoms with E-state index in [4.69, 9.17) is 0 Å². The van der Waals surface area contributed by atoms with Crippen LogP contribution in [-0.4, -0.2) is 55.7 Å². The van der Waals surface area contributed by atoms with Gasteiger partial charge in [-0.05, 0) is 48.7 Å². The van der Waals surface area contributed by atoms with Crippen molar-refractivity contribution < 1.29 is 13.2 Å². The van der Waals surface area contributed by atoms with Gasteiger partial charge in [-0.3, -0.25) is 9.78 Å². The Hall–Kier alpha value is -2.25. The molecule has 0 aliphatic heterocycles. The van der Waals surface area contributed by atoms with Gasteiger partial charge >= 0.3 is 0 Å². The lowest BCUT2D eigenvalue weighted by Crippen LogP contribution is -2.30. The highest BCUT2D eigenvalue weighted by Gasteiger charge is 2.22. The van der Waals surface area contributed by atoms with Gasteiger partial charge in [0.15, 0.2) is 0 Å². The van der Waals surface area contributed by atoms with Gasteiger partial charge in [-0.1, -0.05) is 19.4 Å². The molecule has 1 amide bonds. The number of sulfonamides is 1. The minimum atomic E-state index is -3.66. The minimum Gasteiger partial charge on any atom is -0.342 e. The second kappa shape index (κ2) is 9.62. The Morgan fingerprint density at radius 1 is 1.07 bits per heavy atom. The van der Waals surface area contributed by atoms with Crippen LogP contribution in [0.4, 0.5) is 0 Å². The molecule has 27 heavy (non-hydrogen) atoms. The summed E-state index contributed by atoms with van der Waals surface area (Å²) in [6.07, 6.45) is 5.88. The molecule has 0 unspecified atom stereocenters. The lowest BCUT2D eigenvalue weighted by atomic mass is 10.2. The van der Waals surface area contributed by atoms with Crippen molar-refractivity contribution in [2.45, 2.75) is 31.1 Å². The van der Waals surface area contributed by atoms with E-state index in [1.807, 2.05) is 12.1 Å². The number of carbonyl (C=O) groups excluding carboxylic acids is 1. The molecule has 0 spiro atoms. The van der Waals surface area contributed by atoms with Crippen molar-refractivity contribution in [3.8, 4) is 0 Å². The number of amides is 1.